The third-order valence-electron chi connectivity index (χ3n) is 3.13. The van der Waals surface area contributed by atoms with Crippen LogP contribution in [0.2, 0.25) is 0 Å². The Labute approximate surface area is 104 Å². The summed E-state index contributed by atoms with van der Waals surface area (Å²) < 4.78 is 0. The van der Waals surface area contributed by atoms with Crippen molar-refractivity contribution in [2.24, 2.45) is 5.92 Å². The highest BCUT2D eigenvalue weighted by molar-refractivity contribution is 5.55. The third-order valence-corrected chi connectivity index (χ3v) is 3.13. The Hall–Kier alpha value is -1.32. The van der Waals surface area contributed by atoms with E-state index in [-0.39, 0.29) is 0 Å². The standard InChI is InChI=1S/C13H24N4/c1-6-8(2)7-9(3)15-13-10(4)12(14)16-11(5)17-13/h8-9H,6-7H2,1-5H3,(H3,14,15,16,17). The Morgan fingerprint density at radius 2 is 1.88 bits per heavy atom. The van der Waals surface area contributed by atoms with Crippen molar-refractivity contribution < 1.29 is 0 Å². The first-order chi connectivity index (χ1) is 7.93. The van der Waals surface area contributed by atoms with Gasteiger partial charge in [-0.2, -0.15) is 0 Å². The lowest BCUT2D eigenvalue weighted by molar-refractivity contribution is 0.483. The average molecular weight is 236 g/mol. The van der Waals surface area contributed by atoms with Crippen molar-refractivity contribution >= 4 is 11.6 Å². The highest BCUT2D eigenvalue weighted by atomic mass is 15.1. The molecule has 0 saturated carbocycles. The van der Waals surface area contributed by atoms with Crippen molar-refractivity contribution in [2.45, 2.75) is 53.5 Å². The normalized spacial score (nSPS) is 14.4. The molecular formula is C13H24N4. The van der Waals surface area contributed by atoms with Gasteiger partial charge in [0.15, 0.2) is 0 Å². The molecule has 0 saturated heterocycles. The van der Waals surface area contributed by atoms with E-state index in [2.05, 4.69) is 36.1 Å². The molecule has 0 aliphatic rings. The van der Waals surface area contributed by atoms with E-state index in [1.165, 1.54) is 6.42 Å². The van der Waals surface area contributed by atoms with Crippen LogP contribution in [-0.2, 0) is 0 Å². The smallest absolute Gasteiger partial charge is 0.134 e. The molecular weight excluding hydrogens is 212 g/mol. The van der Waals surface area contributed by atoms with Gasteiger partial charge in [0.25, 0.3) is 0 Å². The second kappa shape index (κ2) is 5.84. The third kappa shape index (κ3) is 3.88. The zero-order valence-corrected chi connectivity index (χ0v) is 11.5. The number of anilines is 2. The van der Waals surface area contributed by atoms with Gasteiger partial charge in [0.1, 0.15) is 17.5 Å². The molecule has 1 aromatic rings. The van der Waals surface area contributed by atoms with E-state index >= 15 is 0 Å². The number of hydrogen-bond donors (Lipinski definition) is 2. The number of nitrogens with two attached hydrogens (primary N) is 1. The molecule has 0 spiro atoms. The fourth-order valence-electron chi connectivity index (χ4n) is 1.85. The lowest BCUT2D eigenvalue weighted by Gasteiger charge is -2.19. The Balaban J connectivity index is 2.74. The van der Waals surface area contributed by atoms with Crippen LogP contribution in [-0.4, -0.2) is 16.0 Å². The average Bonchev–Trinajstić information content (AvgIpc) is 2.24. The number of nitrogens with one attached hydrogen (secondary N) is 1. The highest BCUT2D eigenvalue weighted by Crippen LogP contribution is 2.20. The number of nitrogens with zero attached hydrogens (tertiary/aromatic N) is 2. The van der Waals surface area contributed by atoms with Gasteiger partial charge in [0, 0.05) is 11.6 Å². The van der Waals surface area contributed by atoms with Crippen molar-refractivity contribution in [3.63, 3.8) is 0 Å². The zero-order chi connectivity index (χ0) is 13.0. The molecule has 0 aliphatic heterocycles. The van der Waals surface area contributed by atoms with E-state index in [9.17, 15) is 0 Å². The molecule has 0 fully saturated rings. The van der Waals surface area contributed by atoms with Gasteiger partial charge in [-0.05, 0) is 33.1 Å². The highest BCUT2D eigenvalue weighted by Gasteiger charge is 2.11. The maximum absolute atomic E-state index is 5.83. The van der Waals surface area contributed by atoms with Crippen LogP contribution in [0.3, 0.4) is 0 Å². The molecule has 0 amide bonds. The molecule has 3 N–H and O–H groups in total. The van der Waals surface area contributed by atoms with Crippen LogP contribution in [0, 0.1) is 19.8 Å². The fraction of sp³-hybridized carbons (Fsp3) is 0.692. The molecule has 1 rings (SSSR count). The van der Waals surface area contributed by atoms with Crippen LogP contribution in [0.5, 0.6) is 0 Å². The maximum Gasteiger partial charge on any atom is 0.134 e. The second-order valence-corrected chi connectivity index (χ2v) is 4.92. The first kappa shape index (κ1) is 13.7. The summed E-state index contributed by atoms with van der Waals surface area (Å²) in [5.41, 5.74) is 6.77. The fourth-order valence-corrected chi connectivity index (χ4v) is 1.85. The summed E-state index contributed by atoms with van der Waals surface area (Å²) in [4.78, 5) is 8.55. The van der Waals surface area contributed by atoms with Gasteiger partial charge in [-0.1, -0.05) is 20.3 Å². The molecule has 1 aromatic heterocycles. The summed E-state index contributed by atoms with van der Waals surface area (Å²) in [6.07, 6.45) is 2.34. The number of aryl methyl sites for hydroxylation is 1. The van der Waals surface area contributed by atoms with Crippen molar-refractivity contribution in [1.82, 2.24) is 9.97 Å². The summed E-state index contributed by atoms with van der Waals surface area (Å²) in [5, 5.41) is 3.43. The van der Waals surface area contributed by atoms with E-state index in [1.807, 2.05) is 13.8 Å². The quantitative estimate of drug-likeness (QED) is 0.825. The molecule has 17 heavy (non-hydrogen) atoms. The van der Waals surface area contributed by atoms with E-state index in [0.29, 0.717) is 17.7 Å². The van der Waals surface area contributed by atoms with Crippen LogP contribution >= 0.6 is 0 Å². The lowest BCUT2D eigenvalue weighted by atomic mass is 10.0. The van der Waals surface area contributed by atoms with Crippen LogP contribution in [0.4, 0.5) is 11.6 Å². The van der Waals surface area contributed by atoms with Crippen molar-refractivity contribution in [3.8, 4) is 0 Å². The van der Waals surface area contributed by atoms with Gasteiger partial charge < -0.3 is 11.1 Å². The molecule has 1 heterocycles. The minimum Gasteiger partial charge on any atom is -0.383 e. The van der Waals surface area contributed by atoms with Crippen LogP contribution in [0.25, 0.3) is 0 Å². The Morgan fingerprint density at radius 1 is 1.24 bits per heavy atom. The van der Waals surface area contributed by atoms with Gasteiger partial charge in [-0.15, -0.1) is 0 Å². The summed E-state index contributed by atoms with van der Waals surface area (Å²) in [7, 11) is 0. The summed E-state index contributed by atoms with van der Waals surface area (Å²) >= 11 is 0. The Kier molecular flexibility index (Phi) is 4.73. The number of aromatic nitrogens is 2. The topological polar surface area (TPSA) is 63.8 Å². The van der Waals surface area contributed by atoms with Gasteiger partial charge in [-0.3, -0.25) is 0 Å². The monoisotopic (exact) mass is 236 g/mol. The Bertz CT molecular complexity index is 376. The Morgan fingerprint density at radius 3 is 2.47 bits per heavy atom. The molecule has 96 valence electrons. The predicted molar refractivity (Wildman–Crippen MR) is 73.1 cm³/mol. The first-order valence-electron chi connectivity index (χ1n) is 6.31. The van der Waals surface area contributed by atoms with Crippen LogP contribution in [0.15, 0.2) is 0 Å². The van der Waals surface area contributed by atoms with Crippen molar-refractivity contribution in [1.29, 1.82) is 0 Å². The molecule has 0 aromatic carbocycles. The van der Waals surface area contributed by atoms with Gasteiger partial charge in [0.05, 0.1) is 0 Å². The minimum atomic E-state index is 0.400. The number of rotatable bonds is 5. The summed E-state index contributed by atoms with van der Waals surface area (Å²) in [6.45, 7) is 10.5. The largest absolute Gasteiger partial charge is 0.383 e. The van der Waals surface area contributed by atoms with E-state index in [4.69, 9.17) is 5.73 Å². The maximum atomic E-state index is 5.83. The molecule has 2 atom stereocenters. The van der Waals surface area contributed by atoms with Crippen LogP contribution in [0.1, 0.15) is 45.0 Å². The summed E-state index contributed by atoms with van der Waals surface area (Å²) in [5.74, 6) is 2.87. The van der Waals surface area contributed by atoms with E-state index in [0.717, 1.165) is 23.7 Å². The van der Waals surface area contributed by atoms with E-state index in [1.54, 1.807) is 0 Å². The lowest BCUT2D eigenvalue weighted by Crippen LogP contribution is -2.20. The van der Waals surface area contributed by atoms with Gasteiger partial charge in [0.2, 0.25) is 0 Å². The molecule has 0 radical (unpaired) electrons. The van der Waals surface area contributed by atoms with Gasteiger partial charge in [-0.25, -0.2) is 9.97 Å². The molecule has 4 heteroatoms. The number of hydrogen-bond acceptors (Lipinski definition) is 4. The van der Waals surface area contributed by atoms with Crippen molar-refractivity contribution in [2.75, 3.05) is 11.1 Å². The first-order valence-corrected chi connectivity index (χ1v) is 6.31. The second-order valence-electron chi connectivity index (χ2n) is 4.92. The molecule has 0 aliphatic carbocycles. The molecule has 0 bridgehead atoms. The van der Waals surface area contributed by atoms with E-state index < -0.39 is 0 Å². The van der Waals surface area contributed by atoms with Crippen LogP contribution < -0.4 is 11.1 Å². The number of nitrogen functional groups attached to an aromatic ring is 1. The predicted octanol–water partition coefficient (Wildman–Crippen LogP) is 2.91. The molecule has 4 nitrogen and oxygen atoms in total. The van der Waals surface area contributed by atoms with Gasteiger partial charge >= 0.3 is 0 Å². The molecule has 2 unspecified atom stereocenters. The minimum absolute atomic E-state index is 0.400. The summed E-state index contributed by atoms with van der Waals surface area (Å²) in [6, 6.07) is 0.400. The van der Waals surface area contributed by atoms with Crippen molar-refractivity contribution in [3.05, 3.63) is 11.4 Å². The zero-order valence-electron chi connectivity index (χ0n) is 11.5. The SMILES string of the molecule is CCC(C)CC(C)Nc1nc(C)nc(N)c1C.